The molecule has 152 valence electrons. The standard InChI is InChI=1S/C24H28N2O3/c1-4-29-23(27)21-17-25-26(20-13-9-6-10-14-20)22(21)24(2,3)15-16-28-18-19-11-7-5-8-12-19/h5-14,17H,4,15-16,18H2,1-3H3. The zero-order valence-electron chi connectivity index (χ0n) is 17.3. The second-order valence-electron chi connectivity index (χ2n) is 7.55. The van der Waals surface area contributed by atoms with Gasteiger partial charge in [-0.3, -0.25) is 0 Å². The van der Waals surface area contributed by atoms with E-state index in [0.717, 1.165) is 23.4 Å². The molecule has 29 heavy (non-hydrogen) atoms. The topological polar surface area (TPSA) is 53.3 Å². The molecule has 0 aliphatic rings. The van der Waals surface area contributed by atoms with Gasteiger partial charge in [0, 0.05) is 12.0 Å². The van der Waals surface area contributed by atoms with Crippen molar-refractivity contribution < 1.29 is 14.3 Å². The van der Waals surface area contributed by atoms with Crippen LogP contribution in [0.3, 0.4) is 0 Å². The van der Waals surface area contributed by atoms with E-state index < -0.39 is 0 Å². The lowest BCUT2D eigenvalue weighted by atomic mass is 9.83. The highest BCUT2D eigenvalue weighted by Gasteiger charge is 2.32. The Morgan fingerprint density at radius 3 is 2.34 bits per heavy atom. The third-order valence-electron chi connectivity index (χ3n) is 4.89. The second kappa shape index (κ2) is 9.52. The Bertz CT molecular complexity index is 918. The first-order valence-corrected chi connectivity index (χ1v) is 9.95. The Labute approximate surface area is 172 Å². The molecule has 0 bridgehead atoms. The number of rotatable bonds is 9. The van der Waals surface area contributed by atoms with Crippen molar-refractivity contribution in [3.8, 4) is 5.69 Å². The number of hydrogen-bond donors (Lipinski definition) is 0. The van der Waals surface area contributed by atoms with Crippen molar-refractivity contribution in [1.82, 2.24) is 9.78 Å². The van der Waals surface area contributed by atoms with E-state index in [1.54, 1.807) is 6.20 Å². The van der Waals surface area contributed by atoms with Gasteiger partial charge in [-0.15, -0.1) is 0 Å². The number of benzene rings is 2. The first-order chi connectivity index (χ1) is 14.0. The number of ether oxygens (including phenoxy) is 2. The first-order valence-electron chi connectivity index (χ1n) is 9.95. The summed E-state index contributed by atoms with van der Waals surface area (Å²) in [5, 5.41) is 4.51. The summed E-state index contributed by atoms with van der Waals surface area (Å²) in [5.74, 6) is -0.344. The predicted molar refractivity (Wildman–Crippen MR) is 113 cm³/mol. The number of aromatic nitrogens is 2. The molecule has 0 radical (unpaired) electrons. The molecule has 0 saturated carbocycles. The predicted octanol–water partition coefficient (Wildman–Crippen LogP) is 4.93. The van der Waals surface area contributed by atoms with Crippen LogP contribution in [0.1, 0.15) is 48.8 Å². The van der Waals surface area contributed by atoms with Crippen LogP contribution in [0.4, 0.5) is 0 Å². The lowest BCUT2D eigenvalue weighted by molar-refractivity contribution is 0.0521. The number of carbonyl (C=O) groups is 1. The van der Waals surface area contributed by atoms with Crippen molar-refractivity contribution >= 4 is 5.97 Å². The zero-order chi connectivity index (χ0) is 20.7. The summed E-state index contributed by atoms with van der Waals surface area (Å²) in [7, 11) is 0. The first kappa shape index (κ1) is 20.8. The normalized spacial score (nSPS) is 11.4. The van der Waals surface area contributed by atoms with Crippen LogP contribution >= 0.6 is 0 Å². The van der Waals surface area contributed by atoms with E-state index in [1.807, 2.05) is 60.1 Å². The van der Waals surface area contributed by atoms with Gasteiger partial charge in [-0.1, -0.05) is 62.4 Å². The highest BCUT2D eigenvalue weighted by atomic mass is 16.5. The molecule has 5 heteroatoms. The molecule has 1 heterocycles. The fourth-order valence-electron chi connectivity index (χ4n) is 3.33. The maximum absolute atomic E-state index is 12.6. The Morgan fingerprint density at radius 2 is 1.69 bits per heavy atom. The van der Waals surface area contributed by atoms with Crippen LogP contribution in [-0.2, 0) is 21.5 Å². The van der Waals surface area contributed by atoms with Crippen LogP contribution in [0, 0.1) is 0 Å². The maximum Gasteiger partial charge on any atom is 0.341 e. The third kappa shape index (κ3) is 5.12. The fourth-order valence-corrected chi connectivity index (χ4v) is 3.33. The monoisotopic (exact) mass is 392 g/mol. The van der Waals surface area contributed by atoms with E-state index in [1.165, 1.54) is 0 Å². The lowest BCUT2D eigenvalue weighted by Gasteiger charge is -2.27. The molecule has 0 fully saturated rings. The smallest absolute Gasteiger partial charge is 0.341 e. The molecule has 1 aromatic heterocycles. The molecule has 0 atom stereocenters. The Morgan fingerprint density at radius 1 is 1.03 bits per heavy atom. The summed E-state index contributed by atoms with van der Waals surface area (Å²) in [6.07, 6.45) is 2.34. The summed E-state index contributed by atoms with van der Waals surface area (Å²) >= 11 is 0. The number of carbonyl (C=O) groups excluding carboxylic acids is 1. The quantitative estimate of drug-likeness (QED) is 0.383. The summed E-state index contributed by atoms with van der Waals surface area (Å²) in [6.45, 7) is 7.50. The van der Waals surface area contributed by atoms with Crippen molar-refractivity contribution in [3.63, 3.8) is 0 Å². The Hall–Kier alpha value is -2.92. The van der Waals surface area contributed by atoms with Crippen molar-refractivity contribution in [2.24, 2.45) is 0 Å². The summed E-state index contributed by atoms with van der Waals surface area (Å²) in [5.41, 5.74) is 3.06. The van der Waals surface area contributed by atoms with Crippen LogP contribution in [0.5, 0.6) is 0 Å². The van der Waals surface area contributed by atoms with Gasteiger partial charge in [-0.2, -0.15) is 5.10 Å². The molecule has 2 aromatic carbocycles. The van der Waals surface area contributed by atoms with Crippen LogP contribution in [0.2, 0.25) is 0 Å². The minimum Gasteiger partial charge on any atom is -0.462 e. The molecule has 0 N–H and O–H groups in total. The van der Waals surface area contributed by atoms with Gasteiger partial charge in [0.05, 0.1) is 30.8 Å². The molecule has 0 amide bonds. The Kier molecular flexibility index (Phi) is 6.83. The summed E-state index contributed by atoms with van der Waals surface area (Å²) in [6, 6.07) is 19.9. The van der Waals surface area contributed by atoms with E-state index in [2.05, 4.69) is 31.1 Å². The molecule has 5 nitrogen and oxygen atoms in total. The lowest BCUT2D eigenvalue weighted by Crippen LogP contribution is -2.26. The molecular formula is C24H28N2O3. The highest BCUT2D eigenvalue weighted by Crippen LogP contribution is 2.32. The maximum atomic E-state index is 12.6. The van der Waals surface area contributed by atoms with E-state index in [4.69, 9.17) is 9.47 Å². The van der Waals surface area contributed by atoms with Crippen LogP contribution < -0.4 is 0 Å². The minimum atomic E-state index is -0.344. The number of para-hydroxylation sites is 1. The molecule has 0 aliphatic heterocycles. The van der Waals surface area contributed by atoms with Crippen molar-refractivity contribution in [3.05, 3.63) is 83.7 Å². The van der Waals surface area contributed by atoms with Gasteiger partial charge in [0.15, 0.2) is 0 Å². The zero-order valence-corrected chi connectivity index (χ0v) is 17.3. The van der Waals surface area contributed by atoms with Crippen molar-refractivity contribution in [2.75, 3.05) is 13.2 Å². The van der Waals surface area contributed by atoms with Crippen molar-refractivity contribution in [1.29, 1.82) is 0 Å². The van der Waals surface area contributed by atoms with E-state index >= 15 is 0 Å². The van der Waals surface area contributed by atoms with Crippen LogP contribution in [-0.4, -0.2) is 29.0 Å². The fraction of sp³-hybridized carbons (Fsp3) is 0.333. The van der Waals surface area contributed by atoms with Gasteiger partial charge in [-0.25, -0.2) is 9.48 Å². The average molecular weight is 392 g/mol. The largest absolute Gasteiger partial charge is 0.462 e. The molecule has 3 aromatic rings. The van der Waals surface area contributed by atoms with Crippen LogP contribution in [0.15, 0.2) is 66.9 Å². The van der Waals surface area contributed by atoms with E-state index in [-0.39, 0.29) is 11.4 Å². The molecule has 0 unspecified atom stereocenters. The second-order valence-corrected chi connectivity index (χ2v) is 7.55. The summed E-state index contributed by atoms with van der Waals surface area (Å²) < 4.78 is 13.0. The van der Waals surface area contributed by atoms with Crippen molar-refractivity contribution in [2.45, 2.75) is 39.2 Å². The molecule has 0 spiro atoms. The van der Waals surface area contributed by atoms with E-state index in [0.29, 0.717) is 25.4 Å². The number of hydrogen-bond acceptors (Lipinski definition) is 4. The van der Waals surface area contributed by atoms with Gasteiger partial charge in [0.2, 0.25) is 0 Å². The third-order valence-corrected chi connectivity index (χ3v) is 4.89. The minimum absolute atomic E-state index is 0.329. The van der Waals surface area contributed by atoms with Gasteiger partial charge in [0.25, 0.3) is 0 Å². The van der Waals surface area contributed by atoms with Gasteiger partial charge >= 0.3 is 5.97 Å². The molecule has 0 aliphatic carbocycles. The molecular weight excluding hydrogens is 364 g/mol. The van der Waals surface area contributed by atoms with Gasteiger partial charge in [0.1, 0.15) is 5.56 Å². The average Bonchev–Trinajstić information content (AvgIpc) is 3.19. The van der Waals surface area contributed by atoms with Gasteiger partial charge < -0.3 is 9.47 Å². The number of esters is 1. The molecule has 0 saturated heterocycles. The molecule has 3 rings (SSSR count). The highest BCUT2D eigenvalue weighted by molar-refractivity contribution is 5.91. The Balaban J connectivity index is 1.81. The summed E-state index contributed by atoms with van der Waals surface area (Å²) in [4.78, 5) is 12.6. The van der Waals surface area contributed by atoms with E-state index in [9.17, 15) is 4.79 Å². The number of nitrogens with zero attached hydrogens (tertiary/aromatic N) is 2. The SMILES string of the molecule is CCOC(=O)c1cnn(-c2ccccc2)c1C(C)(C)CCOCc1ccccc1. The van der Waals surface area contributed by atoms with Gasteiger partial charge in [-0.05, 0) is 31.0 Å². The van der Waals surface area contributed by atoms with Crippen LogP contribution in [0.25, 0.3) is 5.69 Å².